The van der Waals surface area contributed by atoms with Crippen LogP contribution in [0.1, 0.15) is 13.8 Å². The zero-order valence-corrected chi connectivity index (χ0v) is 14.3. The molecule has 0 spiro atoms. The first-order chi connectivity index (χ1) is 9.88. The standard InChI is InChI=1S/C15H22BrN3O2/c1-11(2)8-17-14(20)9-19(3)10-15(21)18-13-7-5-4-6-12(13)16/h4-7,11H,8-10H2,1-3H3,(H,17,20)(H,18,21)/p+1. The largest absolute Gasteiger partial charge is 0.351 e. The van der Waals surface area contributed by atoms with Gasteiger partial charge in [-0.05, 0) is 34.0 Å². The van der Waals surface area contributed by atoms with Crippen LogP contribution in [-0.2, 0) is 9.59 Å². The molecule has 2 amide bonds. The fraction of sp³-hybridized carbons (Fsp3) is 0.467. The first-order valence-corrected chi connectivity index (χ1v) is 7.80. The van der Waals surface area contributed by atoms with E-state index < -0.39 is 0 Å². The van der Waals surface area contributed by atoms with Gasteiger partial charge in [0.2, 0.25) is 0 Å². The summed E-state index contributed by atoms with van der Waals surface area (Å²) in [5.41, 5.74) is 0.736. The van der Waals surface area contributed by atoms with E-state index >= 15 is 0 Å². The highest BCUT2D eigenvalue weighted by atomic mass is 79.9. The number of rotatable bonds is 7. The molecule has 0 radical (unpaired) electrons. The molecule has 1 atom stereocenters. The summed E-state index contributed by atoms with van der Waals surface area (Å²) in [4.78, 5) is 24.5. The van der Waals surface area contributed by atoms with Gasteiger partial charge in [-0.3, -0.25) is 9.59 Å². The van der Waals surface area contributed by atoms with Crippen molar-refractivity contribution in [1.29, 1.82) is 0 Å². The molecule has 1 aromatic rings. The molecule has 21 heavy (non-hydrogen) atoms. The molecular formula is C15H23BrN3O2+. The fourth-order valence-corrected chi connectivity index (χ4v) is 2.13. The Bertz CT molecular complexity index is 492. The molecule has 5 nitrogen and oxygen atoms in total. The lowest BCUT2D eigenvalue weighted by molar-refractivity contribution is -0.862. The van der Waals surface area contributed by atoms with Crippen LogP contribution in [-0.4, -0.2) is 38.5 Å². The first-order valence-electron chi connectivity index (χ1n) is 7.01. The average molecular weight is 357 g/mol. The molecule has 0 bridgehead atoms. The number of carbonyl (C=O) groups excluding carboxylic acids is 2. The molecule has 0 heterocycles. The topological polar surface area (TPSA) is 62.6 Å². The third kappa shape index (κ3) is 7.24. The second-order valence-electron chi connectivity index (χ2n) is 5.54. The van der Waals surface area contributed by atoms with Crippen molar-refractivity contribution >= 4 is 33.4 Å². The van der Waals surface area contributed by atoms with E-state index in [0.29, 0.717) is 12.5 Å². The van der Waals surface area contributed by atoms with Crippen molar-refractivity contribution in [2.75, 3.05) is 32.0 Å². The van der Waals surface area contributed by atoms with E-state index in [-0.39, 0.29) is 24.9 Å². The summed E-state index contributed by atoms with van der Waals surface area (Å²) in [6, 6.07) is 7.44. The van der Waals surface area contributed by atoms with Crippen LogP contribution >= 0.6 is 15.9 Å². The van der Waals surface area contributed by atoms with Gasteiger partial charge >= 0.3 is 0 Å². The number of benzene rings is 1. The third-order valence-corrected chi connectivity index (χ3v) is 3.47. The van der Waals surface area contributed by atoms with E-state index in [9.17, 15) is 9.59 Å². The van der Waals surface area contributed by atoms with Crippen LogP contribution in [0.4, 0.5) is 5.69 Å². The molecule has 1 unspecified atom stereocenters. The minimum atomic E-state index is -0.115. The summed E-state index contributed by atoms with van der Waals surface area (Å²) in [5, 5.41) is 5.67. The van der Waals surface area contributed by atoms with E-state index in [4.69, 9.17) is 0 Å². The Labute approximate surface area is 134 Å². The summed E-state index contributed by atoms with van der Waals surface area (Å²) in [7, 11) is 1.83. The first kappa shape index (κ1) is 17.7. The van der Waals surface area contributed by atoms with Crippen molar-refractivity contribution in [3.05, 3.63) is 28.7 Å². The van der Waals surface area contributed by atoms with Crippen molar-refractivity contribution < 1.29 is 14.5 Å². The summed E-state index contributed by atoms with van der Waals surface area (Å²) >= 11 is 3.38. The van der Waals surface area contributed by atoms with Crippen molar-refractivity contribution in [2.45, 2.75) is 13.8 Å². The van der Waals surface area contributed by atoms with E-state index in [1.165, 1.54) is 0 Å². The van der Waals surface area contributed by atoms with Gasteiger partial charge in [0.15, 0.2) is 13.1 Å². The molecule has 3 N–H and O–H groups in total. The number of hydrogen-bond donors (Lipinski definition) is 3. The summed E-state index contributed by atoms with van der Waals surface area (Å²) < 4.78 is 0.839. The second-order valence-corrected chi connectivity index (χ2v) is 6.39. The second kappa shape index (κ2) is 8.79. The number of quaternary nitrogens is 1. The highest BCUT2D eigenvalue weighted by Crippen LogP contribution is 2.20. The molecule has 0 fully saturated rings. The van der Waals surface area contributed by atoms with E-state index in [1.54, 1.807) is 0 Å². The van der Waals surface area contributed by atoms with Crippen LogP contribution in [0.3, 0.4) is 0 Å². The molecule has 116 valence electrons. The van der Waals surface area contributed by atoms with Crippen molar-refractivity contribution in [3.8, 4) is 0 Å². The average Bonchev–Trinajstić information content (AvgIpc) is 2.38. The Hall–Kier alpha value is -1.40. The Balaban J connectivity index is 2.37. The lowest BCUT2D eigenvalue weighted by Crippen LogP contribution is -3.11. The fourth-order valence-electron chi connectivity index (χ4n) is 1.75. The number of hydrogen-bond acceptors (Lipinski definition) is 2. The Kier molecular flexibility index (Phi) is 7.39. The molecule has 1 aromatic carbocycles. The Morgan fingerprint density at radius 1 is 1.19 bits per heavy atom. The van der Waals surface area contributed by atoms with Gasteiger partial charge in [0.25, 0.3) is 11.8 Å². The SMILES string of the molecule is CC(C)CNC(=O)C[NH+](C)CC(=O)Nc1ccccc1Br. The molecule has 0 saturated heterocycles. The summed E-state index contributed by atoms with van der Waals surface area (Å²) in [5.74, 6) is 0.277. The minimum absolute atomic E-state index is 0.0325. The zero-order chi connectivity index (χ0) is 15.8. The number of amides is 2. The van der Waals surface area contributed by atoms with Crippen molar-refractivity contribution in [2.24, 2.45) is 5.92 Å². The number of halogens is 1. The predicted octanol–water partition coefficient (Wildman–Crippen LogP) is 0.675. The number of likely N-dealkylation sites (N-methyl/N-ethyl adjacent to an activating group) is 1. The third-order valence-electron chi connectivity index (χ3n) is 2.78. The maximum atomic E-state index is 11.9. The quantitative estimate of drug-likeness (QED) is 0.672. The Morgan fingerprint density at radius 2 is 1.81 bits per heavy atom. The zero-order valence-electron chi connectivity index (χ0n) is 12.7. The molecule has 0 aliphatic carbocycles. The molecule has 6 heteroatoms. The van der Waals surface area contributed by atoms with Crippen LogP contribution in [0.25, 0.3) is 0 Å². The van der Waals surface area contributed by atoms with Gasteiger partial charge in [0.05, 0.1) is 12.7 Å². The normalized spacial score (nSPS) is 12.0. The molecule has 0 aliphatic rings. The lowest BCUT2D eigenvalue weighted by Gasteiger charge is -2.14. The highest BCUT2D eigenvalue weighted by molar-refractivity contribution is 9.10. The van der Waals surface area contributed by atoms with Crippen molar-refractivity contribution in [3.63, 3.8) is 0 Å². The number of carbonyl (C=O) groups is 2. The van der Waals surface area contributed by atoms with Gasteiger partial charge in [-0.15, -0.1) is 0 Å². The summed E-state index contributed by atoms with van der Waals surface area (Å²) in [6.45, 7) is 5.28. The van der Waals surface area contributed by atoms with Crippen LogP contribution in [0.5, 0.6) is 0 Å². The molecule has 1 rings (SSSR count). The van der Waals surface area contributed by atoms with Gasteiger partial charge in [0, 0.05) is 11.0 Å². The molecular weight excluding hydrogens is 334 g/mol. The van der Waals surface area contributed by atoms with Crippen LogP contribution < -0.4 is 15.5 Å². The number of nitrogens with one attached hydrogen (secondary N) is 3. The van der Waals surface area contributed by atoms with Crippen LogP contribution in [0.2, 0.25) is 0 Å². The Morgan fingerprint density at radius 3 is 2.43 bits per heavy atom. The lowest BCUT2D eigenvalue weighted by atomic mass is 10.2. The summed E-state index contributed by atoms with van der Waals surface area (Å²) in [6.07, 6.45) is 0. The van der Waals surface area contributed by atoms with E-state index in [1.807, 2.05) is 45.2 Å². The monoisotopic (exact) mass is 356 g/mol. The predicted molar refractivity (Wildman–Crippen MR) is 87.2 cm³/mol. The van der Waals surface area contributed by atoms with Crippen LogP contribution in [0, 0.1) is 5.92 Å². The van der Waals surface area contributed by atoms with Gasteiger partial charge in [0.1, 0.15) is 0 Å². The molecule has 0 saturated carbocycles. The van der Waals surface area contributed by atoms with Crippen molar-refractivity contribution in [1.82, 2.24) is 5.32 Å². The smallest absolute Gasteiger partial charge is 0.279 e. The minimum Gasteiger partial charge on any atom is -0.351 e. The van der Waals surface area contributed by atoms with Crippen LogP contribution in [0.15, 0.2) is 28.7 Å². The molecule has 0 aromatic heterocycles. The number of para-hydroxylation sites is 1. The van der Waals surface area contributed by atoms with Gasteiger partial charge < -0.3 is 15.5 Å². The molecule has 0 aliphatic heterocycles. The highest BCUT2D eigenvalue weighted by Gasteiger charge is 2.14. The maximum absolute atomic E-state index is 11.9. The van der Waals surface area contributed by atoms with E-state index in [0.717, 1.165) is 15.1 Å². The number of anilines is 1. The maximum Gasteiger partial charge on any atom is 0.279 e. The van der Waals surface area contributed by atoms with Gasteiger partial charge in [-0.2, -0.15) is 0 Å². The van der Waals surface area contributed by atoms with Gasteiger partial charge in [-0.1, -0.05) is 26.0 Å². The van der Waals surface area contributed by atoms with E-state index in [2.05, 4.69) is 26.6 Å². The van der Waals surface area contributed by atoms with Gasteiger partial charge in [-0.25, -0.2) is 0 Å².